The first-order chi connectivity index (χ1) is 10.9. The van der Waals surface area contributed by atoms with E-state index in [9.17, 15) is 13.2 Å². The highest BCUT2D eigenvalue weighted by atomic mass is 32.2. The van der Waals surface area contributed by atoms with Crippen LogP contribution in [-0.4, -0.2) is 59.6 Å². The highest BCUT2D eigenvalue weighted by molar-refractivity contribution is 7.88. The molecule has 23 heavy (non-hydrogen) atoms. The van der Waals surface area contributed by atoms with Crippen molar-refractivity contribution in [2.75, 3.05) is 26.4 Å². The Morgan fingerprint density at radius 1 is 1.43 bits per heavy atom. The molecule has 1 atom stereocenters. The molecule has 3 heterocycles. The third-order valence-electron chi connectivity index (χ3n) is 4.17. The van der Waals surface area contributed by atoms with Crippen LogP contribution in [0.2, 0.25) is 0 Å². The smallest absolute Gasteiger partial charge is 0.256 e. The predicted octanol–water partition coefficient (Wildman–Crippen LogP) is 0.228. The van der Waals surface area contributed by atoms with Crippen molar-refractivity contribution in [3.05, 3.63) is 29.7 Å². The van der Waals surface area contributed by atoms with E-state index < -0.39 is 10.0 Å². The van der Waals surface area contributed by atoms with E-state index in [2.05, 4.69) is 15.4 Å². The lowest BCUT2D eigenvalue weighted by molar-refractivity contribution is 0.0964. The lowest BCUT2D eigenvalue weighted by atomic mass is 9.96. The van der Waals surface area contributed by atoms with Gasteiger partial charge in [0.25, 0.3) is 5.91 Å². The van der Waals surface area contributed by atoms with E-state index in [0.717, 1.165) is 18.5 Å². The van der Waals surface area contributed by atoms with E-state index >= 15 is 0 Å². The van der Waals surface area contributed by atoms with Crippen LogP contribution in [0, 0.1) is 0 Å². The molecule has 1 N–H and O–H groups in total. The molecule has 124 valence electrons. The van der Waals surface area contributed by atoms with Gasteiger partial charge >= 0.3 is 0 Å². The van der Waals surface area contributed by atoms with Crippen LogP contribution in [0.3, 0.4) is 0 Å². The largest absolute Gasteiger partial charge is 0.355 e. The van der Waals surface area contributed by atoms with Gasteiger partial charge in [-0.05, 0) is 18.9 Å². The third-order valence-corrected chi connectivity index (χ3v) is 5.44. The van der Waals surface area contributed by atoms with Crippen molar-refractivity contribution in [2.45, 2.75) is 18.8 Å². The standard InChI is InChI=1S/C14H19N5O3S/c1-15-14(20)11-8-17-19-12(5-6-16-13(11)19)10-4-3-7-18(9-10)23(2,21)22/h5-6,8,10H,3-4,7,9H2,1-2H3,(H,15,20)/t10-/m0/s1. The number of amides is 1. The summed E-state index contributed by atoms with van der Waals surface area (Å²) in [6.07, 6.45) is 6.03. The molecular weight excluding hydrogens is 318 g/mol. The van der Waals surface area contributed by atoms with Crippen molar-refractivity contribution in [1.29, 1.82) is 0 Å². The lowest BCUT2D eigenvalue weighted by Gasteiger charge is -2.31. The first-order valence-electron chi connectivity index (χ1n) is 7.41. The highest BCUT2D eigenvalue weighted by Crippen LogP contribution is 2.28. The van der Waals surface area contributed by atoms with Gasteiger partial charge in [0, 0.05) is 32.3 Å². The Balaban J connectivity index is 2.00. The van der Waals surface area contributed by atoms with Crippen molar-refractivity contribution in [1.82, 2.24) is 24.2 Å². The summed E-state index contributed by atoms with van der Waals surface area (Å²) in [5, 5.41) is 6.84. The average Bonchev–Trinajstić information content (AvgIpc) is 2.97. The Kier molecular flexibility index (Phi) is 4.07. The second kappa shape index (κ2) is 5.89. The van der Waals surface area contributed by atoms with E-state index in [1.807, 2.05) is 6.07 Å². The third kappa shape index (κ3) is 2.93. The van der Waals surface area contributed by atoms with Crippen molar-refractivity contribution < 1.29 is 13.2 Å². The number of hydrogen-bond donors (Lipinski definition) is 1. The number of fused-ring (bicyclic) bond motifs is 1. The molecule has 0 aliphatic carbocycles. The summed E-state index contributed by atoms with van der Waals surface area (Å²) in [6.45, 7) is 0.971. The molecule has 0 bridgehead atoms. The zero-order valence-electron chi connectivity index (χ0n) is 13.1. The molecule has 1 amide bonds. The molecule has 1 aliphatic heterocycles. The maximum Gasteiger partial charge on any atom is 0.256 e. The molecular formula is C14H19N5O3S. The summed E-state index contributed by atoms with van der Waals surface area (Å²) < 4.78 is 26.7. The fourth-order valence-corrected chi connectivity index (χ4v) is 3.91. The van der Waals surface area contributed by atoms with Crippen LogP contribution >= 0.6 is 0 Å². The molecule has 3 rings (SSSR count). The minimum Gasteiger partial charge on any atom is -0.355 e. The SMILES string of the molecule is CNC(=O)c1cnn2c([C@H]3CCCN(S(C)(=O)=O)C3)ccnc12. The van der Waals surface area contributed by atoms with Crippen LogP contribution in [-0.2, 0) is 10.0 Å². The molecule has 0 spiro atoms. The fraction of sp³-hybridized carbons (Fsp3) is 0.500. The van der Waals surface area contributed by atoms with Crippen LogP contribution in [0.15, 0.2) is 18.5 Å². The van der Waals surface area contributed by atoms with Gasteiger partial charge in [-0.3, -0.25) is 4.79 Å². The Bertz CT molecular complexity index is 845. The van der Waals surface area contributed by atoms with Gasteiger partial charge < -0.3 is 5.32 Å². The number of carbonyl (C=O) groups is 1. The van der Waals surface area contributed by atoms with Gasteiger partial charge in [0.05, 0.1) is 18.1 Å². The van der Waals surface area contributed by atoms with Crippen LogP contribution in [0.25, 0.3) is 5.65 Å². The van der Waals surface area contributed by atoms with Gasteiger partial charge in [0.15, 0.2) is 5.65 Å². The quantitative estimate of drug-likeness (QED) is 0.865. The summed E-state index contributed by atoms with van der Waals surface area (Å²) in [5.74, 6) is -0.215. The number of rotatable bonds is 3. The van der Waals surface area contributed by atoms with Crippen molar-refractivity contribution in [3.63, 3.8) is 0 Å². The van der Waals surface area contributed by atoms with E-state index in [-0.39, 0.29) is 11.8 Å². The predicted molar refractivity (Wildman–Crippen MR) is 84.8 cm³/mol. The molecule has 8 nitrogen and oxygen atoms in total. The molecule has 9 heteroatoms. The molecule has 1 fully saturated rings. The summed E-state index contributed by atoms with van der Waals surface area (Å²) in [6, 6.07) is 1.84. The Hall–Kier alpha value is -2.00. The Labute approximate surface area is 134 Å². The second-order valence-corrected chi connectivity index (χ2v) is 7.69. The maximum absolute atomic E-state index is 11.9. The van der Waals surface area contributed by atoms with E-state index in [0.29, 0.717) is 24.3 Å². The Morgan fingerprint density at radius 3 is 2.91 bits per heavy atom. The number of carbonyl (C=O) groups excluding carboxylic acids is 1. The van der Waals surface area contributed by atoms with Gasteiger partial charge in [-0.2, -0.15) is 5.10 Å². The van der Waals surface area contributed by atoms with Crippen LogP contribution in [0.4, 0.5) is 0 Å². The van der Waals surface area contributed by atoms with E-state index in [4.69, 9.17) is 0 Å². The fourth-order valence-electron chi connectivity index (χ4n) is 3.00. The van der Waals surface area contributed by atoms with Gasteiger partial charge in [0.1, 0.15) is 5.56 Å². The zero-order valence-corrected chi connectivity index (χ0v) is 13.9. The van der Waals surface area contributed by atoms with Crippen LogP contribution in [0.5, 0.6) is 0 Å². The molecule has 2 aromatic heterocycles. The highest BCUT2D eigenvalue weighted by Gasteiger charge is 2.29. The molecule has 0 unspecified atom stereocenters. The summed E-state index contributed by atoms with van der Waals surface area (Å²) in [7, 11) is -1.65. The van der Waals surface area contributed by atoms with Crippen LogP contribution in [0.1, 0.15) is 34.8 Å². The number of hydrogen-bond acceptors (Lipinski definition) is 5. The first-order valence-corrected chi connectivity index (χ1v) is 9.26. The maximum atomic E-state index is 11.9. The van der Waals surface area contributed by atoms with E-state index in [1.165, 1.54) is 16.8 Å². The minimum atomic E-state index is -3.21. The molecule has 1 aliphatic rings. The van der Waals surface area contributed by atoms with Crippen molar-refractivity contribution in [2.24, 2.45) is 0 Å². The normalized spacial score (nSPS) is 19.8. The number of sulfonamides is 1. The van der Waals surface area contributed by atoms with Crippen molar-refractivity contribution >= 4 is 21.6 Å². The molecule has 0 saturated carbocycles. The van der Waals surface area contributed by atoms with Crippen molar-refractivity contribution in [3.8, 4) is 0 Å². The molecule has 1 saturated heterocycles. The summed E-state index contributed by atoms with van der Waals surface area (Å²) >= 11 is 0. The topological polar surface area (TPSA) is 96.7 Å². The zero-order chi connectivity index (χ0) is 16.6. The minimum absolute atomic E-state index is 0.0291. The first kappa shape index (κ1) is 15.9. The Morgan fingerprint density at radius 2 is 2.22 bits per heavy atom. The molecule has 0 radical (unpaired) electrons. The molecule has 2 aromatic rings. The number of nitrogens with zero attached hydrogens (tertiary/aromatic N) is 4. The van der Waals surface area contributed by atoms with Crippen LogP contribution < -0.4 is 5.32 Å². The summed E-state index contributed by atoms with van der Waals surface area (Å²) in [5.41, 5.74) is 1.77. The summed E-state index contributed by atoms with van der Waals surface area (Å²) in [4.78, 5) is 16.1. The van der Waals surface area contributed by atoms with Gasteiger partial charge in [0.2, 0.25) is 10.0 Å². The van der Waals surface area contributed by atoms with E-state index in [1.54, 1.807) is 17.8 Å². The average molecular weight is 337 g/mol. The lowest BCUT2D eigenvalue weighted by Crippen LogP contribution is -2.38. The molecule has 0 aromatic carbocycles. The number of aromatic nitrogens is 3. The number of nitrogens with one attached hydrogen (secondary N) is 1. The van der Waals surface area contributed by atoms with Gasteiger partial charge in [-0.25, -0.2) is 22.2 Å². The van der Waals surface area contributed by atoms with Gasteiger partial charge in [-0.1, -0.05) is 0 Å². The van der Waals surface area contributed by atoms with Gasteiger partial charge in [-0.15, -0.1) is 0 Å². The number of piperidine rings is 1. The second-order valence-electron chi connectivity index (χ2n) is 5.70. The monoisotopic (exact) mass is 337 g/mol.